The number of nitrogens with zero attached hydrogens (tertiary/aromatic N) is 1. The van der Waals surface area contributed by atoms with Gasteiger partial charge in [-0.3, -0.25) is 4.79 Å². The van der Waals surface area contributed by atoms with Gasteiger partial charge in [0.2, 0.25) is 0 Å². The van der Waals surface area contributed by atoms with E-state index in [1.807, 2.05) is 30.3 Å². The lowest BCUT2D eigenvalue weighted by molar-refractivity contribution is 0.0946. The summed E-state index contributed by atoms with van der Waals surface area (Å²) in [5.74, 6) is 2.10. The van der Waals surface area contributed by atoms with E-state index in [0.29, 0.717) is 42.6 Å². The molecule has 7 nitrogen and oxygen atoms in total. The molecule has 0 fully saturated rings. The molecule has 27 heavy (non-hydrogen) atoms. The second-order valence-electron chi connectivity index (χ2n) is 5.92. The van der Waals surface area contributed by atoms with Crippen LogP contribution in [0.5, 0.6) is 17.2 Å². The minimum Gasteiger partial charge on any atom is -0.497 e. The van der Waals surface area contributed by atoms with Gasteiger partial charge in [0, 0.05) is 12.1 Å². The van der Waals surface area contributed by atoms with Crippen molar-refractivity contribution in [1.82, 2.24) is 10.3 Å². The van der Waals surface area contributed by atoms with Crippen molar-refractivity contribution in [3.05, 3.63) is 60.1 Å². The molecule has 3 aromatic rings. The maximum absolute atomic E-state index is 12.6. The maximum Gasteiger partial charge on any atom is 0.274 e. The third-order valence-electron chi connectivity index (χ3n) is 4.17. The zero-order valence-corrected chi connectivity index (χ0v) is 14.7. The summed E-state index contributed by atoms with van der Waals surface area (Å²) in [5, 5.41) is 2.85. The summed E-state index contributed by atoms with van der Waals surface area (Å²) in [4.78, 5) is 16.7. The largest absolute Gasteiger partial charge is 0.497 e. The minimum absolute atomic E-state index is 0.217. The number of carbonyl (C=O) groups excluding carboxylic acids is 1. The molecule has 1 aromatic heterocycles. The lowest BCUT2D eigenvalue weighted by atomic mass is 10.1. The van der Waals surface area contributed by atoms with Crippen LogP contribution < -0.4 is 19.5 Å². The fourth-order valence-electron chi connectivity index (χ4n) is 2.85. The van der Waals surface area contributed by atoms with Gasteiger partial charge in [-0.1, -0.05) is 12.1 Å². The predicted octanol–water partition coefficient (Wildman–Crippen LogP) is 3.05. The molecule has 0 radical (unpaired) electrons. The molecule has 138 valence electrons. The number of carbonyl (C=O) groups is 1. The zero-order valence-electron chi connectivity index (χ0n) is 14.7. The summed E-state index contributed by atoms with van der Waals surface area (Å²) < 4.78 is 21.8. The Labute approximate surface area is 155 Å². The maximum atomic E-state index is 12.6. The molecule has 0 spiro atoms. The molecule has 2 heterocycles. The van der Waals surface area contributed by atoms with Crippen molar-refractivity contribution in [3.8, 4) is 28.6 Å². The van der Waals surface area contributed by atoms with Crippen molar-refractivity contribution in [1.29, 1.82) is 0 Å². The van der Waals surface area contributed by atoms with E-state index in [2.05, 4.69) is 10.3 Å². The van der Waals surface area contributed by atoms with E-state index in [1.165, 1.54) is 6.39 Å². The third-order valence-corrected chi connectivity index (χ3v) is 4.17. The first-order valence-corrected chi connectivity index (χ1v) is 8.49. The smallest absolute Gasteiger partial charge is 0.274 e. The van der Waals surface area contributed by atoms with Gasteiger partial charge in [-0.2, -0.15) is 0 Å². The van der Waals surface area contributed by atoms with Gasteiger partial charge in [0.05, 0.1) is 7.11 Å². The molecule has 1 amide bonds. The molecule has 0 bridgehead atoms. The van der Waals surface area contributed by atoms with Crippen molar-refractivity contribution in [3.63, 3.8) is 0 Å². The Morgan fingerprint density at radius 2 is 2.00 bits per heavy atom. The summed E-state index contributed by atoms with van der Waals surface area (Å²) in [6.45, 7) is 1.36. The number of benzene rings is 2. The molecular formula is C20H18N2O5. The van der Waals surface area contributed by atoms with Crippen LogP contribution in [0.15, 0.2) is 53.3 Å². The van der Waals surface area contributed by atoms with E-state index >= 15 is 0 Å². The lowest BCUT2D eigenvalue weighted by Gasteiger charge is -2.18. The number of hydrogen-bond acceptors (Lipinski definition) is 6. The predicted molar refractivity (Wildman–Crippen MR) is 97.1 cm³/mol. The molecule has 0 saturated carbocycles. The second-order valence-corrected chi connectivity index (χ2v) is 5.92. The van der Waals surface area contributed by atoms with Gasteiger partial charge in [-0.25, -0.2) is 4.98 Å². The van der Waals surface area contributed by atoms with Crippen molar-refractivity contribution >= 4 is 5.91 Å². The molecule has 1 N–H and O–H groups in total. The van der Waals surface area contributed by atoms with Crippen molar-refractivity contribution in [2.45, 2.75) is 6.54 Å². The third kappa shape index (κ3) is 3.57. The Bertz CT molecular complexity index is 967. The second kappa shape index (κ2) is 7.41. The molecule has 0 atom stereocenters. The summed E-state index contributed by atoms with van der Waals surface area (Å²) in [6, 6.07) is 12.9. The van der Waals surface area contributed by atoms with E-state index in [0.717, 1.165) is 11.3 Å². The van der Waals surface area contributed by atoms with Crippen molar-refractivity contribution in [2.75, 3.05) is 20.3 Å². The molecule has 1 aliphatic rings. The van der Waals surface area contributed by atoms with E-state index in [1.54, 1.807) is 19.2 Å². The van der Waals surface area contributed by atoms with E-state index in [-0.39, 0.29) is 11.6 Å². The van der Waals surface area contributed by atoms with Gasteiger partial charge in [-0.15, -0.1) is 0 Å². The number of ether oxygens (including phenoxy) is 3. The molecular weight excluding hydrogens is 348 g/mol. The minimum atomic E-state index is -0.323. The number of oxazole rings is 1. The van der Waals surface area contributed by atoms with Crippen LogP contribution >= 0.6 is 0 Å². The summed E-state index contributed by atoms with van der Waals surface area (Å²) in [7, 11) is 1.60. The monoisotopic (exact) mass is 366 g/mol. The molecule has 1 aliphatic heterocycles. The summed E-state index contributed by atoms with van der Waals surface area (Å²) in [5.41, 5.74) is 1.84. The topological polar surface area (TPSA) is 82.8 Å². The quantitative estimate of drug-likeness (QED) is 0.747. The van der Waals surface area contributed by atoms with Crippen LogP contribution in [0.2, 0.25) is 0 Å². The summed E-state index contributed by atoms with van der Waals surface area (Å²) in [6.07, 6.45) is 1.26. The van der Waals surface area contributed by atoms with Crippen LogP contribution in [0.4, 0.5) is 0 Å². The number of hydrogen-bond donors (Lipinski definition) is 1. The average Bonchev–Trinajstić information content (AvgIpc) is 3.22. The Balaban J connectivity index is 1.52. The highest BCUT2D eigenvalue weighted by Crippen LogP contribution is 2.35. The first-order valence-electron chi connectivity index (χ1n) is 8.49. The molecule has 0 saturated heterocycles. The standard InChI is InChI=1S/C20H18N2O5/c1-24-15-4-2-3-13(9-15)11-21-20(23)18-19(27-12-22-18)14-5-6-16-17(10-14)26-8-7-25-16/h2-6,9-10,12H,7-8,11H2,1H3,(H,21,23). The Morgan fingerprint density at radius 1 is 1.15 bits per heavy atom. The van der Waals surface area contributed by atoms with Crippen LogP contribution in [0.1, 0.15) is 16.1 Å². The van der Waals surface area contributed by atoms with Gasteiger partial charge < -0.3 is 23.9 Å². The van der Waals surface area contributed by atoms with Crippen LogP contribution in [-0.4, -0.2) is 31.2 Å². The highest BCUT2D eigenvalue weighted by Gasteiger charge is 2.20. The zero-order chi connectivity index (χ0) is 18.6. The fraction of sp³-hybridized carbons (Fsp3) is 0.200. The van der Waals surface area contributed by atoms with Crippen LogP contribution in [0.3, 0.4) is 0 Å². The molecule has 7 heteroatoms. The van der Waals surface area contributed by atoms with Gasteiger partial charge in [0.15, 0.2) is 29.3 Å². The van der Waals surface area contributed by atoms with E-state index in [9.17, 15) is 4.79 Å². The highest BCUT2D eigenvalue weighted by molar-refractivity contribution is 5.97. The average molecular weight is 366 g/mol. The number of rotatable bonds is 5. The molecule has 0 aliphatic carbocycles. The van der Waals surface area contributed by atoms with Gasteiger partial charge >= 0.3 is 0 Å². The van der Waals surface area contributed by atoms with E-state index < -0.39 is 0 Å². The van der Waals surface area contributed by atoms with Crippen molar-refractivity contribution in [2.24, 2.45) is 0 Å². The Morgan fingerprint density at radius 3 is 2.85 bits per heavy atom. The van der Waals surface area contributed by atoms with Gasteiger partial charge in [0.25, 0.3) is 5.91 Å². The number of fused-ring (bicyclic) bond motifs is 1. The van der Waals surface area contributed by atoms with Crippen LogP contribution in [0, 0.1) is 0 Å². The van der Waals surface area contributed by atoms with Crippen LogP contribution in [0.25, 0.3) is 11.3 Å². The summed E-state index contributed by atoms with van der Waals surface area (Å²) >= 11 is 0. The first-order chi connectivity index (χ1) is 13.2. The van der Waals surface area contributed by atoms with Gasteiger partial charge in [0.1, 0.15) is 19.0 Å². The highest BCUT2D eigenvalue weighted by atomic mass is 16.6. The number of nitrogens with one attached hydrogen (secondary N) is 1. The SMILES string of the molecule is COc1cccc(CNC(=O)c2ncoc2-c2ccc3c(c2)OCCO3)c1. The molecule has 2 aromatic carbocycles. The van der Waals surface area contributed by atoms with Crippen molar-refractivity contribution < 1.29 is 23.4 Å². The van der Waals surface area contributed by atoms with Crippen LogP contribution in [-0.2, 0) is 6.54 Å². The number of methoxy groups -OCH3 is 1. The Kier molecular flexibility index (Phi) is 4.65. The molecule has 4 rings (SSSR count). The molecule has 0 unspecified atom stereocenters. The van der Waals surface area contributed by atoms with Gasteiger partial charge in [-0.05, 0) is 35.9 Å². The Hall–Kier alpha value is -3.48. The first kappa shape index (κ1) is 17.0. The van der Waals surface area contributed by atoms with E-state index in [4.69, 9.17) is 18.6 Å². The number of amides is 1. The number of aromatic nitrogens is 1. The fourth-order valence-corrected chi connectivity index (χ4v) is 2.85. The normalized spacial score (nSPS) is 12.5. The lowest BCUT2D eigenvalue weighted by Crippen LogP contribution is -2.23.